The molecule has 0 bridgehead atoms. The second-order valence-corrected chi connectivity index (χ2v) is 7.15. The second kappa shape index (κ2) is 8.12. The fraction of sp³-hybridized carbons (Fsp3) is 0.0455. The van der Waals surface area contributed by atoms with Crippen molar-refractivity contribution in [2.75, 3.05) is 5.32 Å². The van der Waals surface area contributed by atoms with Crippen molar-refractivity contribution in [3.63, 3.8) is 0 Å². The highest BCUT2D eigenvalue weighted by atomic mass is 32.1. The van der Waals surface area contributed by atoms with Gasteiger partial charge in [0.15, 0.2) is 0 Å². The second-order valence-electron chi connectivity index (χ2n) is 6.27. The van der Waals surface area contributed by atoms with Gasteiger partial charge in [0.05, 0.1) is 10.3 Å². The lowest BCUT2D eigenvalue weighted by atomic mass is 10.2. The molecule has 0 aliphatic carbocycles. The summed E-state index contributed by atoms with van der Waals surface area (Å²) in [5.41, 5.74) is 2.25. The Bertz CT molecular complexity index is 1190. The number of nitrogens with zero attached hydrogens (tertiary/aromatic N) is 1. The number of carboxylic acids is 1. The highest BCUT2D eigenvalue weighted by Crippen LogP contribution is 2.29. The Morgan fingerprint density at radius 2 is 1.90 bits per heavy atom. The van der Waals surface area contributed by atoms with Crippen LogP contribution in [0.5, 0.6) is 5.75 Å². The first kappa shape index (κ1) is 18.6. The molecule has 0 atom stereocenters. The van der Waals surface area contributed by atoms with E-state index in [4.69, 9.17) is 4.74 Å². The third-order valence-electron chi connectivity index (χ3n) is 4.31. The lowest BCUT2D eigenvalue weighted by molar-refractivity contribution is 0.0698. The number of aromatic nitrogens is 1. The van der Waals surface area contributed by atoms with Crippen molar-refractivity contribution in [2.45, 2.75) is 6.61 Å². The maximum Gasteiger partial charge on any atom is 0.338 e. The zero-order valence-electron chi connectivity index (χ0n) is 15.2. The molecule has 0 unspecified atom stereocenters. The molecule has 0 saturated carbocycles. The maximum atomic E-state index is 12.3. The molecule has 29 heavy (non-hydrogen) atoms. The molecule has 6 nitrogen and oxygen atoms in total. The monoisotopic (exact) mass is 404 g/mol. The van der Waals surface area contributed by atoms with E-state index >= 15 is 0 Å². The van der Waals surface area contributed by atoms with Crippen LogP contribution < -0.4 is 10.1 Å². The summed E-state index contributed by atoms with van der Waals surface area (Å²) in [6.07, 6.45) is 3.00. The Morgan fingerprint density at radius 3 is 2.69 bits per heavy atom. The van der Waals surface area contributed by atoms with E-state index in [0.29, 0.717) is 21.7 Å². The zero-order valence-corrected chi connectivity index (χ0v) is 16.0. The number of carboxylic acid groups (broad SMARTS) is 1. The minimum Gasteiger partial charge on any atom is -0.489 e. The number of ether oxygens (including phenoxy) is 1. The summed E-state index contributed by atoms with van der Waals surface area (Å²) in [6.45, 7) is 0.265. The third kappa shape index (κ3) is 4.09. The van der Waals surface area contributed by atoms with Crippen LogP contribution in [0.1, 0.15) is 26.3 Å². The van der Waals surface area contributed by atoms with Gasteiger partial charge in [-0.3, -0.25) is 9.78 Å². The lowest BCUT2D eigenvalue weighted by Crippen LogP contribution is -2.11. The molecule has 0 saturated heterocycles. The van der Waals surface area contributed by atoms with Crippen LogP contribution in [-0.2, 0) is 6.61 Å². The number of hydrogen-bond donors (Lipinski definition) is 2. The third-order valence-corrected chi connectivity index (χ3v) is 5.39. The van der Waals surface area contributed by atoms with E-state index in [1.165, 1.54) is 17.5 Å². The van der Waals surface area contributed by atoms with E-state index in [-0.39, 0.29) is 18.1 Å². The van der Waals surface area contributed by atoms with Gasteiger partial charge in [-0.15, -0.1) is 11.3 Å². The van der Waals surface area contributed by atoms with Crippen LogP contribution in [0.2, 0.25) is 0 Å². The number of thiophene rings is 1. The number of aromatic carboxylic acids is 1. The van der Waals surface area contributed by atoms with E-state index < -0.39 is 5.97 Å². The highest BCUT2D eigenvalue weighted by molar-refractivity contribution is 7.17. The molecule has 2 heterocycles. The Labute approximate surface area is 170 Å². The average molecular weight is 404 g/mol. The molecule has 4 rings (SSSR count). The molecule has 0 spiro atoms. The van der Waals surface area contributed by atoms with Gasteiger partial charge in [-0.25, -0.2) is 4.79 Å². The normalized spacial score (nSPS) is 10.6. The number of rotatable bonds is 6. The van der Waals surface area contributed by atoms with Crippen molar-refractivity contribution in [3.8, 4) is 5.75 Å². The first-order valence-electron chi connectivity index (χ1n) is 8.78. The molecular formula is C22H16N2O4S. The lowest BCUT2D eigenvalue weighted by Gasteiger charge is -2.09. The fourth-order valence-electron chi connectivity index (χ4n) is 2.88. The Hall–Kier alpha value is -3.71. The Balaban J connectivity index is 1.48. The Kier molecular flexibility index (Phi) is 5.22. The molecule has 0 aliphatic rings. The van der Waals surface area contributed by atoms with Crippen molar-refractivity contribution in [1.82, 2.24) is 4.98 Å². The van der Waals surface area contributed by atoms with Crippen LogP contribution in [0.3, 0.4) is 0 Å². The van der Waals surface area contributed by atoms with Gasteiger partial charge in [-0.05, 0) is 29.6 Å². The molecule has 7 heteroatoms. The largest absolute Gasteiger partial charge is 0.489 e. The van der Waals surface area contributed by atoms with Gasteiger partial charge in [0.1, 0.15) is 12.4 Å². The van der Waals surface area contributed by atoms with Crippen molar-refractivity contribution in [1.29, 1.82) is 0 Å². The number of pyridine rings is 1. The summed E-state index contributed by atoms with van der Waals surface area (Å²) < 4.78 is 6.54. The fourth-order valence-corrected chi connectivity index (χ4v) is 3.91. The van der Waals surface area contributed by atoms with Crippen molar-refractivity contribution in [3.05, 3.63) is 89.1 Å². The average Bonchev–Trinajstić information content (AvgIpc) is 3.16. The summed E-state index contributed by atoms with van der Waals surface area (Å²) in [6, 6.07) is 16.1. The summed E-state index contributed by atoms with van der Waals surface area (Å²) in [5, 5.41) is 14.8. The van der Waals surface area contributed by atoms with Gasteiger partial charge in [-0.2, -0.15) is 0 Å². The number of benzene rings is 2. The number of hydrogen-bond acceptors (Lipinski definition) is 5. The number of amides is 1. The van der Waals surface area contributed by atoms with Crippen molar-refractivity contribution in [2.24, 2.45) is 0 Å². The van der Waals surface area contributed by atoms with Gasteiger partial charge in [0, 0.05) is 40.7 Å². The van der Waals surface area contributed by atoms with Gasteiger partial charge in [0.25, 0.3) is 5.91 Å². The molecule has 1 amide bonds. The van der Waals surface area contributed by atoms with E-state index in [1.807, 2.05) is 23.6 Å². The number of nitrogens with one attached hydrogen (secondary N) is 1. The van der Waals surface area contributed by atoms with E-state index in [9.17, 15) is 14.7 Å². The predicted octanol–water partition coefficient (Wildman–Crippen LogP) is 4.83. The standard InChI is InChI=1S/C22H16N2O4S/c25-21(14-5-2-1-3-6-14)24-16-7-4-8-17(9-16)28-12-15-13-29-20-18(15)10-23-11-19(20)22(26)27/h1-11,13H,12H2,(H,24,25)(H,26,27). The highest BCUT2D eigenvalue weighted by Gasteiger charge is 2.14. The van der Waals surface area contributed by atoms with Gasteiger partial charge in [0.2, 0.25) is 0 Å². The quantitative estimate of drug-likeness (QED) is 0.481. The SMILES string of the molecule is O=C(Nc1cccc(OCc2csc3c(C(=O)O)cncc23)c1)c1ccccc1. The molecule has 4 aromatic rings. The molecule has 0 radical (unpaired) electrons. The number of carbonyl (C=O) groups is 2. The van der Waals surface area contributed by atoms with E-state index in [0.717, 1.165) is 10.9 Å². The summed E-state index contributed by atoms with van der Waals surface area (Å²) >= 11 is 1.36. The maximum absolute atomic E-state index is 12.3. The number of fused-ring (bicyclic) bond motifs is 1. The van der Waals surface area contributed by atoms with Gasteiger partial charge in [-0.1, -0.05) is 24.3 Å². The van der Waals surface area contributed by atoms with Crippen molar-refractivity contribution < 1.29 is 19.4 Å². The van der Waals surface area contributed by atoms with Crippen LogP contribution >= 0.6 is 11.3 Å². The van der Waals surface area contributed by atoms with Crippen LogP contribution in [-0.4, -0.2) is 22.0 Å². The van der Waals surface area contributed by atoms with Crippen LogP contribution in [0.25, 0.3) is 10.1 Å². The minimum atomic E-state index is -1.00. The number of carbonyl (C=O) groups excluding carboxylic acids is 1. The molecule has 0 aliphatic heterocycles. The molecular weight excluding hydrogens is 388 g/mol. The zero-order chi connectivity index (χ0) is 20.2. The smallest absolute Gasteiger partial charge is 0.338 e. The number of anilines is 1. The molecule has 2 N–H and O–H groups in total. The van der Waals surface area contributed by atoms with Crippen LogP contribution in [0.15, 0.2) is 72.4 Å². The van der Waals surface area contributed by atoms with Crippen molar-refractivity contribution >= 4 is 39.0 Å². The Morgan fingerprint density at radius 1 is 1.07 bits per heavy atom. The first-order valence-corrected chi connectivity index (χ1v) is 9.66. The van der Waals surface area contributed by atoms with Crippen LogP contribution in [0, 0.1) is 0 Å². The predicted molar refractivity (Wildman–Crippen MR) is 112 cm³/mol. The van der Waals surface area contributed by atoms with E-state index in [2.05, 4.69) is 10.3 Å². The van der Waals surface area contributed by atoms with Gasteiger partial charge < -0.3 is 15.2 Å². The minimum absolute atomic E-state index is 0.185. The summed E-state index contributed by atoms with van der Waals surface area (Å²) in [4.78, 5) is 27.7. The van der Waals surface area contributed by atoms with E-state index in [1.54, 1.807) is 42.6 Å². The molecule has 144 valence electrons. The van der Waals surface area contributed by atoms with Crippen LogP contribution in [0.4, 0.5) is 5.69 Å². The van der Waals surface area contributed by atoms with Gasteiger partial charge >= 0.3 is 5.97 Å². The molecule has 2 aromatic carbocycles. The summed E-state index contributed by atoms with van der Waals surface area (Å²) in [7, 11) is 0. The molecule has 2 aromatic heterocycles. The molecule has 0 fully saturated rings. The topological polar surface area (TPSA) is 88.5 Å². The summed E-state index contributed by atoms with van der Waals surface area (Å²) in [5.74, 6) is -0.601. The first-order chi connectivity index (χ1) is 14.1.